The van der Waals surface area contributed by atoms with E-state index in [2.05, 4.69) is 15.1 Å². The van der Waals surface area contributed by atoms with Gasteiger partial charge in [0.15, 0.2) is 0 Å². The number of benzene rings is 2. The molecule has 6 nitrogen and oxygen atoms in total. The number of piperazine rings is 1. The van der Waals surface area contributed by atoms with E-state index in [0.29, 0.717) is 11.3 Å². The molecule has 7 heteroatoms. The summed E-state index contributed by atoms with van der Waals surface area (Å²) in [6.45, 7) is 5.75. The van der Waals surface area contributed by atoms with Crippen molar-refractivity contribution in [2.45, 2.75) is 38.6 Å². The molecule has 2 aromatic rings. The first-order valence-electron chi connectivity index (χ1n) is 12.5. The molecule has 0 aromatic heterocycles. The number of hydrogen-bond acceptors (Lipinski definition) is 4. The minimum Gasteiger partial charge on any atom is -0.368 e. The number of anilines is 2. The van der Waals surface area contributed by atoms with Crippen molar-refractivity contribution in [2.75, 3.05) is 49.5 Å². The number of nitrogens with one attached hydrogen (secondary N) is 1. The molecule has 1 N–H and O–H groups in total. The summed E-state index contributed by atoms with van der Waals surface area (Å²) < 4.78 is 13.2. The fourth-order valence-electron chi connectivity index (χ4n) is 5.06. The third-order valence-corrected chi connectivity index (χ3v) is 7.40. The number of carbonyl (C=O) groups excluding carboxylic acids is 2. The lowest BCUT2D eigenvalue weighted by molar-refractivity contribution is -0.122. The van der Waals surface area contributed by atoms with E-state index in [1.54, 1.807) is 0 Å². The first-order chi connectivity index (χ1) is 16.6. The predicted octanol–water partition coefficient (Wildman–Crippen LogP) is 4.12. The first kappa shape index (κ1) is 22.8. The van der Waals surface area contributed by atoms with E-state index in [-0.39, 0.29) is 23.5 Å². The van der Waals surface area contributed by atoms with Crippen molar-refractivity contribution < 1.29 is 14.0 Å². The zero-order valence-electron chi connectivity index (χ0n) is 19.6. The Morgan fingerprint density at radius 2 is 1.59 bits per heavy atom. The van der Waals surface area contributed by atoms with Crippen LogP contribution in [0, 0.1) is 11.7 Å². The van der Waals surface area contributed by atoms with Gasteiger partial charge >= 0.3 is 0 Å². The number of hydrogen-bond donors (Lipinski definition) is 1. The van der Waals surface area contributed by atoms with Crippen molar-refractivity contribution in [3.63, 3.8) is 0 Å². The molecule has 3 aliphatic rings. The Labute approximate surface area is 200 Å². The van der Waals surface area contributed by atoms with Gasteiger partial charge in [0.05, 0.1) is 5.56 Å². The van der Waals surface area contributed by atoms with Crippen LogP contribution >= 0.6 is 0 Å². The first-order valence-corrected chi connectivity index (χ1v) is 12.5. The molecule has 0 radical (unpaired) electrons. The topological polar surface area (TPSA) is 55.9 Å². The van der Waals surface area contributed by atoms with E-state index in [1.807, 2.05) is 35.2 Å². The van der Waals surface area contributed by atoms with E-state index in [1.165, 1.54) is 12.1 Å². The summed E-state index contributed by atoms with van der Waals surface area (Å²) in [5.74, 6) is 0.0108. The van der Waals surface area contributed by atoms with Gasteiger partial charge in [0.25, 0.3) is 5.91 Å². The SMILES string of the molecule is O=C(Nc1ccc(N2CCN(Cc3ccc(F)cc3)CC2)c(C(=O)N2CCCC2)c1)C1CCC1. The number of nitrogens with zero attached hydrogens (tertiary/aromatic N) is 3. The maximum absolute atomic E-state index is 13.4. The van der Waals surface area contributed by atoms with Crippen LogP contribution in [0.4, 0.5) is 15.8 Å². The number of halogens is 1. The third-order valence-electron chi connectivity index (χ3n) is 7.40. The summed E-state index contributed by atoms with van der Waals surface area (Å²) in [4.78, 5) is 32.5. The summed E-state index contributed by atoms with van der Waals surface area (Å²) in [7, 11) is 0. The largest absolute Gasteiger partial charge is 0.368 e. The van der Waals surface area contributed by atoms with Gasteiger partial charge in [-0.15, -0.1) is 0 Å². The lowest BCUT2D eigenvalue weighted by Gasteiger charge is -2.37. The van der Waals surface area contributed by atoms with Crippen LogP contribution in [0.3, 0.4) is 0 Å². The maximum Gasteiger partial charge on any atom is 0.256 e. The van der Waals surface area contributed by atoms with Crippen LogP contribution in [0.2, 0.25) is 0 Å². The summed E-state index contributed by atoms with van der Waals surface area (Å²) in [6.07, 6.45) is 5.10. The Bertz CT molecular complexity index is 1020. The summed E-state index contributed by atoms with van der Waals surface area (Å²) in [5.41, 5.74) is 3.43. The minimum atomic E-state index is -0.212. The van der Waals surface area contributed by atoms with E-state index in [0.717, 1.165) is 89.2 Å². The molecule has 0 bridgehead atoms. The molecule has 180 valence electrons. The number of carbonyl (C=O) groups is 2. The predicted molar refractivity (Wildman–Crippen MR) is 131 cm³/mol. The molecular formula is C27H33FN4O2. The zero-order valence-corrected chi connectivity index (χ0v) is 19.6. The quantitative estimate of drug-likeness (QED) is 0.699. The molecular weight excluding hydrogens is 431 g/mol. The normalized spacial score (nSPS) is 19.2. The van der Waals surface area contributed by atoms with Crippen LogP contribution in [-0.4, -0.2) is 60.9 Å². The lowest BCUT2D eigenvalue weighted by atomic mass is 9.85. The molecule has 2 aromatic carbocycles. The monoisotopic (exact) mass is 464 g/mol. The molecule has 2 amide bonds. The fraction of sp³-hybridized carbons (Fsp3) is 0.481. The Morgan fingerprint density at radius 3 is 2.24 bits per heavy atom. The highest BCUT2D eigenvalue weighted by Crippen LogP contribution is 2.31. The van der Waals surface area contributed by atoms with Gasteiger partial charge in [0, 0.05) is 63.1 Å². The van der Waals surface area contributed by atoms with Crippen LogP contribution in [0.25, 0.3) is 0 Å². The molecule has 0 spiro atoms. The second-order valence-corrected chi connectivity index (χ2v) is 9.74. The maximum atomic E-state index is 13.4. The standard InChI is InChI=1S/C27H33FN4O2/c28-22-8-6-20(7-9-22)19-30-14-16-31(17-15-30)25-11-10-23(29-26(33)21-4-3-5-21)18-24(25)27(34)32-12-1-2-13-32/h6-11,18,21H,1-5,12-17,19H2,(H,29,33). The Kier molecular flexibility index (Phi) is 6.81. The molecule has 5 rings (SSSR count). The second-order valence-electron chi connectivity index (χ2n) is 9.74. The molecule has 0 atom stereocenters. The van der Waals surface area contributed by atoms with E-state index < -0.39 is 0 Å². The van der Waals surface area contributed by atoms with Gasteiger partial charge in [-0.1, -0.05) is 18.6 Å². The smallest absolute Gasteiger partial charge is 0.256 e. The number of likely N-dealkylation sites (tertiary alicyclic amines) is 1. The van der Waals surface area contributed by atoms with E-state index in [4.69, 9.17) is 0 Å². The lowest BCUT2D eigenvalue weighted by Crippen LogP contribution is -2.46. The Hall–Kier alpha value is -2.93. The summed E-state index contributed by atoms with van der Waals surface area (Å²) >= 11 is 0. The third kappa shape index (κ3) is 5.09. The molecule has 1 aliphatic carbocycles. The van der Waals surface area contributed by atoms with Gasteiger partial charge < -0.3 is 15.1 Å². The highest BCUT2D eigenvalue weighted by molar-refractivity contribution is 6.02. The van der Waals surface area contributed by atoms with Gasteiger partial charge in [-0.25, -0.2) is 4.39 Å². The molecule has 2 aliphatic heterocycles. The van der Waals surface area contributed by atoms with Crippen molar-refractivity contribution >= 4 is 23.2 Å². The van der Waals surface area contributed by atoms with E-state index in [9.17, 15) is 14.0 Å². The van der Waals surface area contributed by atoms with Crippen LogP contribution in [0.5, 0.6) is 0 Å². The summed E-state index contributed by atoms with van der Waals surface area (Å²) in [5, 5.41) is 3.04. The number of rotatable bonds is 6. The minimum absolute atomic E-state index is 0.0565. The molecule has 2 saturated heterocycles. The van der Waals surface area contributed by atoms with Crippen LogP contribution < -0.4 is 10.2 Å². The van der Waals surface area contributed by atoms with E-state index >= 15 is 0 Å². The average molecular weight is 465 g/mol. The van der Waals surface area contributed by atoms with Crippen molar-refractivity contribution in [3.05, 3.63) is 59.4 Å². The average Bonchev–Trinajstić information content (AvgIpc) is 3.35. The summed E-state index contributed by atoms with van der Waals surface area (Å²) in [6, 6.07) is 12.5. The highest BCUT2D eigenvalue weighted by Gasteiger charge is 2.28. The molecule has 34 heavy (non-hydrogen) atoms. The van der Waals surface area contributed by atoms with Crippen molar-refractivity contribution in [2.24, 2.45) is 5.92 Å². The number of amides is 2. The Balaban J connectivity index is 1.30. The zero-order chi connectivity index (χ0) is 23.5. The van der Waals surface area contributed by atoms with Crippen molar-refractivity contribution in [1.29, 1.82) is 0 Å². The molecule has 1 saturated carbocycles. The van der Waals surface area contributed by atoms with Crippen molar-refractivity contribution in [3.8, 4) is 0 Å². The highest BCUT2D eigenvalue weighted by atomic mass is 19.1. The van der Waals surface area contributed by atoms with Crippen LogP contribution in [-0.2, 0) is 11.3 Å². The van der Waals surface area contributed by atoms with Gasteiger partial charge in [0.2, 0.25) is 5.91 Å². The van der Waals surface area contributed by atoms with Crippen LogP contribution in [0.15, 0.2) is 42.5 Å². The van der Waals surface area contributed by atoms with Gasteiger partial charge in [-0.3, -0.25) is 14.5 Å². The van der Waals surface area contributed by atoms with Gasteiger partial charge in [-0.2, -0.15) is 0 Å². The second kappa shape index (κ2) is 10.1. The molecule has 3 fully saturated rings. The van der Waals surface area contributed by atoms with Crippen molar-refractivity contribution in [1.82, 2.24) is 9.80 Å². The molecule has 2 heterocycles. The molecule has 0 unspecified atom stereocenters. The van der Waals surface area contributed by atoms with Gasteiger partial charge in [-0.05, 0) is 61.6 Å². The fourth-order valence-corrected chi connectivity index (χ4v) is 5.06. The van der Waals surface area contributed by atoms with Gasteiger partial charge in [0.1, 0.15) is 5.82 Å². The van der Waals surface area contributed by atoms with Crippen LogP contribution in [0.1, 0.15) is 48.0 Å². The Morgan fingerprint density at radius 1 is 0.882 bits per heavy atom.